The van der Waals surface area contributed by atoms with Crippen molar-refractivity contribution in [3.8, 4) is 5.88 Å². The molecule has 0 aliphatic heterocycles. The van der Waals surface area contributed by atoms with Crippen molar-refractivity contribution in [2.24, 2.45) is 0 Å². The van der Waals surface area contributed by atoms with Gasteiger partial charge in [-0.2, -0.15) is 0 Å². The van der Waals surface area contributed by atoms with Crippen molar-refractivity contribution in [1.29, 1.82) is 0 Å². The van der Waals surface area contributed by atoms with Gasteiger partial charge in [0.1, 0.15) is 11.0 Å². The van der Waals surface area contributed by atoms with Gasteiger partial charge in [-0.25, -0.2) is 14.8 Å². The van der Waals surface area contributed by atoms with Crippen LogP contribution in [0.25, 0.3) is 11.0 Å². The summed E-state index contributed by atoms with van der Waals surface area (Å²) >= 11 is 3.35. The lowest BCUT2D eigenvalue weighted by atomic mass is 10.2. The van der Waals surface area contributed by atoms with Gasteiger partial charge in [-0.3, -0.25) is 0 Å². The first kappa shape index (κ1) is 11.8. The van der Waals surface area contributed by atoms with Gasteiger partial charge in [-0.15, -0.1) is 0 Å². The van der Waals surface area contributed by atoms with Crippen molar-refractivity contribution in [3.05, 3.63) is 28.4 Å². The zero-order chi connectivity index (χ0) is 12.4. The van der Waals surface area contributed by atoms with Gasteiger partial charge in [0.2, 0.25) is 5.88 Å². The Morgan fingerprint density at radius 2 is 2.06 bits per heavy atom. The van der Waals surface area contributed by atoms with Crippen LogP contribution in [0.15, 0.2) is 22.8 Å². The maximum absolute atomic E-state index is 11.6. The number of nitrogens with zero attached hydrogens (tertiary/aromatic N) is 2. The highest BCUT2D eigenvalue weighted by Gasteiger charge is 2.15. The normalized spacial score (nSPS) is 10.3. The average Bonchev–Trinajstić information content (AvgIpc) is 2.38. The monoisotopic (exact) mass is 296 g/mol. The van der Waals surface area contributed by atoms with E-state index in [9.17, 15) is 4.79 Å². The maximum Gasteiger partial charge on any atom is 0.340 e. The van der Waals surface area contributed by atoms with E-state index in [1.165, 1.54) is 20.4 Å². The molecule has 2 rings (SSSR count). The number of aromatic nitrogens is 2. The Labute approximate surface area is 106 Å². The molecule has 17 heavy (non-hydrogen) atoms. The molecule has 5 nitrogen and oxygen atoms in total. The third kappa shape index (κ3) is 2.08. The van der Waals surface area contributed by atoms with Gasteiger partial charge in [0.15, 0.2) is 0 Å². The minimum Gasteiger partial charge on any atom is -0.480 e. The quantitative estimate of drug-likeness (QED) is 0.795. The van der Waals surface area contributed by atoms with Gasteiger partial charge >= 0.3 is 5.97 Å². The topological polar surface area (TPSA) is 61.3 Å². The average molecular weight is 297 g/mol. The van der Waals surface area contributed by atoms with E-state index in [0.717, 1.165) is 4.47 Å². The van der Waals surface area contributed by atoms with Crippen LogP contribution in [0.3, 0.4) is 0 Å². The zero-order valence-electron chi connectivity index (χ0n) is 9.23. The summed E-state index contributed by atoms with van der Waals surface area (Å²) in [7, 11) is 2.81. The van der Waals surface area contributed by atoms with Gasteiger partial charge in [0.05, 0.1) is 26.0 Å². The van der Waals surface area contributed by atoms with Gasteiger partial charge in [-0.05, 0) is 28.1 Å². The van der Waals surface area contributed by atoms with Crippen molar-refractivity contribution in [1.82, 2.24) is 9.97 Å². The molecule has 0 N–H and O–H groups in total. The van der Waals surface area contributed by atoms with E-state index in [2.05, 4.69) is 25.9 Å². The van der Waals surface area contributed by atoms with Crippen molar-refractivity contribution in [3.63, 3.8) is 0 Å². The number of carbonyl (C=O) groups excluding carboxylic acids is 1. The molecule has 2 aromatic rings. The zero-order valence-corrected chi connectivity index (χ0v) is 10.8. The fourth-order valence-electron chi connectivity index (χ4n) is 1.42. The van der Waals surface area contributed by atoms with Crippen LogP contribution in [0.4, 0.5) is 0 Å². The molecule has 1 heterocycles. The number of esters is 1. The molecule has 0 unspecified atom stereocenters. The largest absolute Gasteiger partial charge is 0.480 e. The molecule has 88 valence electrons. The molecule has 0 saturated heterocycles. The minimum absolute atomic E-state index is 0.348. The third-order valence-corrected chi connectivity index (χ3v) is 2.88. The molecule has 0 atom stereocenters. The second kappa shape index (κ2) is 4.67. The number of hydrogen-bond donors (Lipinski definition) is 0. The third-order valence-electron chi connectivity index (χ3n) is 2.24. The molecule has 1 aromatic heterocycles. The lowest BCUT2D eigenvalue weighted by Gasteiger charge is -2.06. The Morgan fingerprint density at radius 1 is 1.29 bits per heavy atom. The molecule has 0 bridgehead atoms. The Balaban J connectivity index is 2.76. The number of methoxy groups -OCH3 is 2. The summed E-state index contributed by atoms with van der Waals surface area (Å²) in [5.41, 5.74) is 1.40. The predicted octanol–water partition coefficient (Wildman–Crippen LogP) is 2.19. The van der Waals surface area contributed by atoms with E-state index >= 15 is 0 Å². The molecule has 0 radical (unpaired) electrons. The molecular formula is C11H9BrN2O3. The number of halogens is 1. The van der Waals surface area contributed by atoms with Crippen LogP contribution < -0.4 is 4.74 Å². The molecular weight excluding hydrogens is 288 g/mol. The molecule has 6 heteroatoms. The summed E-state index contributed by atoms with van der Waals surface area (Å²) in [5.74, 6) is -0.106. The van der Waals surface area contributed by atoms with Crippen molar-refractivity contribution in [2.45, 2.75) is 0 Å². The van der Waals surface area contributed by atoms with Gasteiger partial charge in [0.25, 0.3) is 0 Å². The number of carbonyl (C=O) groups is 1. The van der Waals surface area contributed by atoms with E-state index < -0.39 is 5.97 Å². The highest BCUT2D eigenvalue weighted by molar-refractivity contribution is 9.10. The Kier molecular flexibility index (Phi) is 3.23. The van der Waals surface area contributed by atoms with Gasteiger partial charge < -0.3 is 9.47 Å². The summed E-state index contributed by atoms with van der Waals surface area (Å²) < 4.78 is 10.4. The molecule has 0 aliphatic carbocycles. The Morgan fingerprint density at radius 3 is 2.71 bits per heavy atom. The van der Waals surface area contributed by atoms with E-state index in [4.69, 9.17) is 9.47 Å². The SMILES string of the molecule is COC(=O)c1ccc(Br)c2ncc(OC)nc12. The number of hydrogen-bond acceptors (Lipinski definition) is 5. The van der Waals surface area contributed by atoms with Crippen LogP contribution in [-0.2, 0) is 4.74 Å². The second-order valence-corrected chi connectivity index (χ2v) is 4.05. The van der Waals surface area contributed by atoms with Crippen molar-refractivity contribution in [2.75, 3.05) is 14.2 Å². The lowest BCUT2D eigenvalue weighted by molar-refractivity contribution is 0.0602. The predicted molar refractivity (Wildman–Crippen MR) is 65.1 cm³/mol. The standard InChI is InChI=1S/C11H9BrN2O3/c1-16-8-5-13-10-7(12)4-3-6(9(10)14-8)11(15)17-2/h3-5H,1-2H3. The summed E-state index contributed by atoms with van der Waals surface area (Å²) in [6, 6.07) is 3.36. The summed E-state index contributed by atoms with van der Waals surface area (Å²) in [6.07, 6.45) is 1.49. The van der Waals surface area contributed by atoms with Crippen LogP contribution in [0, 0.1) is 0 Å². The van der Waals surface area contributed by atoms with Gasteiger partial charge in [-0.1, -0.05) is 0 Å². The summed E-state index contributed by atoms with van der Waals surface area (Å²) in [5, 5.41) is 0. The Bertz CT molecular complexity index is 586. The molecule has 0 fully saturated rings. The first-order chi connectivity index (χ1) is 8.17. The Hall–Kier alpha value is -1.69. The summed E-state index contributed by atoms with van der Waals surface area (Å²) in [6.45, 7) is 0. The summed E-state index contributed by atoms with van der Waals surface area (Å²) in [4.78, 5) is 20.0. The minimum atomic E-state index is -0.454. The maximum atomic E-state index is 11.6. The van der Waals surface area contributed by atoms with E-state index in [0.29, 0.717) is 22.5 Å². The van der Waals surface area contributed by atoms with E-state index in [1.54, 1.807) is 12.1 Å². The number of benzene rings is 1. The van der Waals surface area contributed by atoms with Crippen LogP contribution in [0.1, 0.15) is 10.4 Å². The molecule has 1 aromatic carbocycles. The molecule has 0 saturated carbocycles. The number of rotatable bonds is 2. The van der Waals surface area contributed by atoms with Crippen molar-refractivity contribution < 1.29 is 14.3 Å². The highest BCUT2D eigenvalue weighted by atomic mass is 79.9. The van der Waals surface area contributed by atoms with Gasteiger partial charge in [0, 0.05) is 4.47 Å². The van der Waals surface area contributed by atoms with Crippen LogP contribution in [-0.4, -0.2) is 30.2 Å². The fourth-order valence-corrected chi connectivity index (χ4v) is 1.85. The smallest absolute Gasteiger partial charge is 0.340 e. The second-order valence-electron chi connectivity index (χ2n) is 3.20. The van der Waals surface area contributed by atoms with Crippen LogP contribution in [0.2, 0.25) is 0 Å². The fraction of sp³-hybridized carbons (Fsp3) is 0.182. The lowest BCUT2D eigenvalue weighted by Crippen LogP contribution is -2.04. The van der Waals surface area contributed by atoms with Crippen molar-refractivity contribution >= 4 is 32.9 Å². The van der Waals surface area contributed by atoms with Crippen LogP contribution >= 0.6 is 15.9 Å². The highest BCUT2D eigenvalue weighted by Crippen LogP contribution is 2.25. The number of fused-ring (bicyclic) bond motifs is 1. The van der Waals surface area contributed by atoms with E-state index in [1.807, 2.05) is 0 Å². The first-order valence-electron chi connectivity index (χ1n) is 4.75. The van der Waals surface area contributed by atoms with Crippen LogP contribution in [0.5, 0.6) is 5.88 Å². The molecule has 0 spiro atoms. The number of ether oxygens (including phenoxy) is 2. The van der Waals surface area contributed by atoms with E-state index in [-0.39, 0.29) is 0 Å². The molecule has 0 amide bonds. The molecule has 0 aliphatic rings. The first-order valence-corrected chi connectivity index (χ1v) is 5.54.